The van der Waals surface area contributed by atoms with Crippen molar-refractivity contribution in [2.24, 2.45) is 5.73 Å². The lowest BCUT2D eigenvalue weighted by Gasteiger charge is -2.10. The summed E-state index contributed by atoms with van der Waals surface area (Å²) < 4.78 is 31.7. The molecule has 0 bridgehead atoms. The van der Waals surface area contributed by atoms with Gasteiger partial charge in [0.1, 0.15) is 12.4 Å². The molecule has 0 amide bonds. The molecule has 0 aliphatic heterocycles. The highest BCUT2D eigenvalue weighted by molar-refractivity contribution is 5.40. The van der Waals surface area contributed by atoms with Crippen LogP contribution >= 0.6 is 0 Å². The van der Waals surface area contributed by atoms with E-state index in [-0.39, 0.29) is 18.5 Å². The van der Waals surface area contributed by atoms with Crippen LogP contribution in [0, 0.1) is 0 Å². The molecule has 2 aromatic rings. The molecule has 4 nitrogen and oxygen atoms in total. The van der Waals surface area contributed by atoms with Crippen molar-refractivity contribution in [3.05, 3.63) is 47.5 Å². The minimum atomic E-state index is -2.60. The molecule has 2 N–H and O–H groups in total. The molecule has 6 heteroatoms. The minimum Gasteiger partial charge on any atom is -0.486 e. The van der Waals surface area contributed by atoms with Gasteiger partial charge in [0.15, 0.2) is 5.82 Å². The lowest BCUT2D eigenvalue weighted by atomic mass is 10.1. The molecule has 0 saturated carbocycles. The zero-order chi connectivity index (χ0) is 14.1. The Balaban J connectivity index is 1.71. The molecule has 0 radical (unpaired) electrons. The summed E-state index contributed by atoms with van der Waals surface area (Å²) >= 11 is 0. The molecule has 106 valence electrons. The molecule has 1 aliphatic rings. The van der Waals surface area contributed by atoms with E-state index in [2.05, 4.69) is 4.98 Å². The van der Waals surface area contributed by atoms with E-state index in [9.17, 15) is 8.78 Å². The SMILES string of the molecule is N[C@@H]1CCc2cc(OCc3nccn3C(F)F)ccc21. The van der Waals surface area contributed by atoms with E-state index in [4.69, 9.17) is 10.5 Å². The fourth-order valence-electron chi connectivity index (χ4n) is 2.50. The maximum absolute atomic E-state index is 12.7. The predicted molar refractivity (Wildman–Crippen MR) is 69.5 cm³/mol. The minimum absolute atomic E-state index is 0.0161. The van der Waals surface area contributed by atoms with E-state index in [1.807, 2.05) is 18.2 Å². The van der Waals surface area contributed by atoms with Gasteiger partial charge in [0.2, 0.25) is 0 Å². The second-order valence-electron chi connectivity index (χ2n) is 4.82. The summed E-state index contributed by atoms with van der Waals surface area (Å²) in [4.78, 5) is 3.88. The van der Waals surface area contributed by atoms with Crippen LogP contribution in [0.5, 0.6) is 5.75 Å². The van der Waals surface area contributed by atoms with E-state index >= 15 is 0 Å². The second-order valence-corrected chi connectivity index (χ2v) is 4.82. The third kappa shape index (κ3) is 2.38. The van der Waals surface area contributed by atoms with Gasteiger partial charge in [-0.1, -0.05) is 6.07 Å². The molecule has 1 aliphatic carbocycles. The Morgan fingerprint density at radius 1 is 1.45 bits per heavy atom. The van der Waals surface area contributed by atoms with Crippen molar-refractivity contribution < 1.29 is 13.5 Å². The van der Waals surface area contributed by atoms with Crippen molar-refractivity contribution in [1.29, 1.82) is 0 Å². The van der Waals surface area contributed by atoms with Crippen LogP contribution in [-0.2, 0) is 13.0 Å². The van der Waals surface area contributed by atoms with Crippen LogP contribution in [-0.4, -0.2) is 9.55 Å². The highest BCUT2D eigenvalue weighted by atomic mass is 19.3. The lowest BCUT2D eigenvalue weighted by molar-refractivity contribution is 0.0632. The monoisotopic (exact) mass is 279 g/mol. The standard InChI is InChI=1S/C14H15F2N3O/c15-14(16)19-6-5-18-13(19)8-20-10-2-3-11-9(7-10)1-4-12(11)17/h2-3,5-7,12,14H,1,4,8,17H2/t12-/m1/s1. The molecule has 1 aromatic carbocycles. The van der Waals surface area contributed by atoms with Crippen molar-refractivity contribution in [2.75, 3.05) is 0 Å². The molecule has 0 unspecified atom stereocenters. The Morgan fingerprint density at radius 3 is 3.10 bits per heavy atom. The molecule has 20 heavy (non-hydrogen) atoms. The summed E-state index contributed by atoms with van der Waals surface area (Å²) in [6, 6.07) is 5.79. The van der Waals surface area contributed by atoms with Crippen molar-refractivity contribution in [3.63, 3.8) is 0 Å². The third-order valence-electron chi connectivity index (χ3n) is 3.57. The van der Waals surface area contributed by atoms with E-state index in [0.717, 1.165) is 23.0 Å². The van der Waals surface area contributed by atoms with E-state index < -0.39 is 6.55 Å². The summed E-state index contributed by atoms with van der Waals surface area (Å²) in [7, 11) is 0. The van der Waals surface area contributed by atoms with Gasteiger partial charge in [0.25, 0.3) is 0 Å². The summed E-state index contributed by atoms with van der Waals surface area (Å²) in [6.45, 7) is -2.59. The zero-order valence-corrected chi connectivity index (χ0v) is 10.8. The maximum Gasteiger partial charge on any atom is 0.320 e. The van der Waals surface area contributed by atoms with E-state index in [0.29, 0.717) is 5.75 Å². The topological polar surface area (TPSA) is 53.1 Å². The average molecular weight is 279 g/mol. The lowest BCUT2D eigenvalue weighted by Crippen LogP contribution is -2.07. The van der Waals surface area contributed by atoms with Gasteiger partial charge in [-0.05, 0) is 36.1 Å². The Bertz CT molecular complexity index is 612. The largest absolute Gasteiger partial charge is 0.486 e. The van der Waals surface area contributed by atoms with Crippen LogP contribution in [0.15, 0.2) is 30.6 Å². The predicted octanol–water partition coefficient (Wildman–Crippen LogP) is 2.80. The normalized spacial score (nSPS) is 17.5. The average Bonchev–Trinajstić information content (AvgIpc) is 3.03. The van der Waals surface area contributed by atoms with Gasteiger partial charge in [0.05, 0.1) is 0 Å². The zero-order valence-electron chi connectivity index (χ0n) is 10.8. The fraction of sp³-hybridized carbons (Fsp3) is 0.357. The fourth-order valence-corrected chi connectivity index (χ4v) is 2.50. The Hall–Kier alpha value is -1.95. The first-order valence-corrected chi connectivity index (χ1v) is 6.46. The van der Waals surface area contributed by atoms with Crippen LogP contribution in [0.25, 0.3) is 0 Å². The van der Waals surface area contributed by atoms with Gasteiger partial charge in [-0.2, -0.15) is 8.78 Å². The van der Waals surface area contributed by atoms with Gasteiger partial charge in [-0.25, -0.2) is 4.98 Å². The van der Waals surface area contributed by atoms with Crippen molar-refractivity contribution in [3.8, 4) is 5.75 Å². The number of alkyl halides is 2. The van der Waals surface area contributed by atoms with Crippen molar-refractivity contribution >= 4 is 0 Å². The summed E-state index contributed by atoms with van der Waals surface area (Å²) in [6.07, 6.45) is 4.45. The van der Waals surface area contributed by atoms with Crippen molar-refractivity contribution in [2.45, 2.75) is 32.0 Å². The first-order valence-electron chi connectivity index (χ1n) is 6.46. The number of imidazole rings is 1. The Morgan fingerprint density at radius 2 is 2.30 bits per heavy atom. The van der Waals surface area contributed by atoms with E-state index in [1.165, 1.54) is 18.0 Å². The van der Waals surface area contributed by atoms with Gasteiger partial charge >= 0.3 is 6.55 Å². The molecule has 0 saturated heterocycles. The first kappa shape index (κ1) is 13.1. The number of nitrogens with two attached hydrogens (primary N) is 1. The number of nitrogens with zero attached hydrogens (tertiary/aromatic N) is 2. The quantitative estimate of drug-likeness (QED) is 0.936. The summed E-state index contributed by atoms with van der Waals surface area (Å²) in [5.74, 6) is 0.860. The van der Waals surface area contributed by atoms with Crippen LogP contribution in [0.2, 0.25) is 0 Å². The maximum atomic E-state index is 12.7. The molecule has 0 fully saturated rings. The molecule has 1 heterocycles. The number of aryl methyl sites for hydroxylation is 1. The molecule has 1 aromatic heterocycles. The number of ether oxygens (including phenoxy) is 1. The van der Waals surface area contributed by atoms with Crippen LogP contribution < -0.4 is 10.5 Å². The van der Waals surface area contributed by atoms with Gasteiger partial charge < -0.3 is 10.5 Å². The molecular weight excluding hydrogens is 264 g/mol. The molecule has 1 atom stereocenters. The van der Waals surface area contributed by atoms with Gasteiger partial charge in [0, 0.05) is 18.4 Å². The number of benzene rings is 1. The molecular formula is C14H15F2N3O. The highest BCUT2D eigenvalue weighted by Gasteiger charge is 2.19. The van der Waals surface area contributed by atoms with Gasteiger partial charge in [-0.15, -0.1) is 0 Å². The van der Waals surface area contributed by atoms with Gasteiger partial charge in [-0.3, -0.25) is 4.57 Å². The van der Waals surface area contributed by atoms with Crippen LogP contribution in [0.3, 0.4) is 0 Å². The number of rotatable bonds is 4. The Labute approximate surface area is 115 Å². The van der Waals surface area contributed by atoms with Crippen LogP contribution in [0.4, 0.5) is 8.78 Å². The number of halogens is 2. The van der Waals surface area contributed by atoms with E-state index in [1.54, 1.807) is 0 Å². The summed E-state index contributed by atoms with van der Waals surface area (Å²) in [5.41, 5.74) is 8.28. The Kier molecular flexibility index (Phi) is 3.40. The smallest absolute Gasteiger partial charge is 0.320 e. The molecule has 0 spiro atoms. The summed E-state index contributed by atoms with van der Waals surface area (Å²) in [5, 5.41) is 0. The third-order valence-corrected chi connectivity index (χ3v) is 3.57. The molecule has 3 rings (SSSR count). The first-order chi connectivity index (χ1) is 9.65. The second kappa shape index (κ2) is 5.20. The number of hydrogen-bond donors (Lipinski definition) is 1. The number of aromatic nitrogens is 2. The number of fused-ring (bicyclic) bond motifs is 1. The van der Waals surface area contributed by atoms with Crippen molar-refractivity contribution in [1.82, 2.24) is 9.55 Å². The van der Waals surface area contributed by atoms with Crippen LogP contribution in [0.1, 0.15) is 36.0 Å². The number of hydrogen-bond acceptors (Lipinski definition) is 3. The highest BCUT2D eigenvalue weighted by Crippen LogP contribution is 2.32.